The third-order valence-corrected chi connectivity index (χ3v) is 4.07. The molecule has 1 N–H and O–H groups in total. The van der Waals surface area contributed by atoms with Crippen molar-refractivity contribution in [1.29, 1.82) is 0 Å². The highest BCUT2D eigenvalue weighted by Gasteiger charge is 2.23. The fourth-order valence-electron chi connectivity index (χ4n) is 2.71. The zero-order valence-corrected chi connectivity index (χ0v) is 15.7. The Hall–Kier alpha value is -2.97. The number of nitrogens with one attached hydrogen (secondary N) is 1. The van der Waals surface area contributed by atoms with Crippen molar-refractivity contribution >= 4 is 17.8 Å². The van der Waals surface area contributed by atoms with Gasteiger partial charge in [0.25, 0.3) is 5.91 Å². The van der Waals surface area contributed by atoms with Gasteiger partial charge in [-0.05, 0) is 24.1 Å². The molecule has 0 saturated carbocycles. The molecule has 27 heavy (non-hydrogen) atoms. The van der Waals surface area contributed by atoms with Gasteiger partial charge >= 0.3 is 5.97 Å². The lowest BCUT2D eigenvalue weighted by molar-refractivity contribution is -0.151. The number of carbonyl (C=O) groups is 3. The first kappa shape index (κ1) is 20.3. The van der Waals surface area contributed by atoms with Crippen molar-refractivity contribution in [3.05, 3.63) is 17.7 Å². The van der Waals surface area contributed by atoms with Gasteiger partial charge in [-0.3, -0.25) is 14.4 Å². The highest BCUT2D eigenvalue weighted by atomic mass is 16.5. The molecule has 1 saturated heterocycles. The van der Waals surface area contributed by atoms with Crippen LogP contribution in [0.15, 0.2) is 12.1 Å². The molecule has 0 bridgehead atoms. The maximum Gasteiger partial charge on any atom is 0.326 e. The smallest absolute Gasteiger partial charge is 0.326 e. The summed E-state index contributed by atoms with van der Waals surface area (Å²) in [4.78, 5) is 36.5. The van der Waals surface area contributed by atoms with Crippen LogP contribution in [-0.4, -0.2) is 63.7 Å². The third kappa shape index (κ3) is 5.50. The van der Waals surface area contributed by atoms with Crippen LogP contribution in [0, 0.1) is 0 Å². The SMILES string of the molecule is COc1cc(CNC(=O)COC(=O)CN2CCCC2=O)cc(OC)c1OC. The molecule has 0 aromatic heterocycles. The molecule has 0 unspecified atom stereocenters. The topological polar surface area (TPSA) is 103 Å². The van der Waals surface area contributed by atoms with Gasteiger partial charge in [-0.2, -0.15) is 0 Å². The second-order valence-electron chi connectivity index (χ2n) is 5.89. The summed E-state index contributed by atoms with van der Waals surface area (Å²) < 4.78 is 20.7. The molecular weight excluding hydrogens is 356 g/mol. The van der Waals surface area contributed by atoms with E-state index < -0.39 is 18.5 Å². The summed E-state index contributed by atoms with van der Waals surface area (Å²) in [5.41, 5.74) is 0.729. The average Bonchev–Trinajstić information content (AvgIpc) is 3.08. The standard InChI is InChI=1S/C18H24N2O7/c1-24-13-7-12(8-14(25-2)18(13)26-3)9-19-15(21)11-27-17(23)10-20-6-4-5-16(20)22/h7-8H,4-6,9-11H2,1-3H3,(H,19,21). The molecule has 9 nitrogen and oxygen atoms in total. The Morgan fingerprint density at radius 3 is 2.30 bits per heavy atom. The Morgan fingerprint density at radius 1 is 1.11 bits per heavy atom. The molecule has 1 aliphatic rings. The molecule has 0 spiro atoms. The number of methoxy groups -OCH3 is 3. The number of nitrogens with zero attached hydrogens (tertiary/aromatic N) is 1. The van der Waals surface area contributed by atoms with Crippen LogP contribution in [0.2, 0.25) is 0 Å². The molecule has 1 fully saturated rings. The number of likely N-dealkylation sites (tertiary alicyclic amines) is 1. The van der Waals surface area contributed by atoms with Gasteiger partial charge in [0.2, 0.25) is 11.7 Å². The lowest BCUT2D eigenvalue weighted by Gasteiger charge is -2.15. The van der Waals surface area contributed by atoms with E-state index in [-0.39, 0.29) is 19.0 Å². The van der Waals surface area contributed by atoms with E-state index in [1.807, 2.05) is 0 Å². The van der Waals surface area contributed by atoms with Gasteiger partial charge in [-0.15, -0.1) is 0 Å². The van der Waals surface area contributed by atoms with Gasteiger partial charge in [-0.25, -0.2) is 0 Å². The van der Waals surface area contributed by atoms with Crippen LogP contribution in [0.4, 0.5) is 0 Å². The van der Waals surface area contributed by atoms with Crippen LogP contribution < -0.4 is 19.5 Å². The molecule has 0 atom stereocenters. The maximum absolute atomic E-state index is 11.9. The van der Waals surface area contributed by atoms with E-state index in [9.17, 15) is 14.4 Å². The summed E-state index contributed by atoms with van der Waals surface area (Å²) in [5, 5.41) is 2.65. The van der Waals surface area contributed by atoms with E-state index in [1.54, 1.807) is 12.1 Å². The van der Waals surface area contributed by atoms with Crippen LogP contribution in [0.3, 0.4) is 0 Å². The zero-order valence-electron chi connectivity index (χ0n) is 15.7. The van der Waals surface area contributed by atoms with Crippen LogP contribution in [0.1, 0.15) is 18.4 Å². The Morgan fingerprint density at radius 2 is 1.78 bits per heavy atom. The predicted octanol–water partition coefficient (Wildman–Crippen LogP) is 0.494. The number of carbonyl (C=O) groups excluding carboxylic acids is 3. The second-order valence-corrected chi connectivity index (χ2v) is 5.89. The second kappa shape index (κ2) is 9.65. The summed E-state index contributed by atoms with van der Waals surface area (Å²) in [6.45, 7) is 0.198. The minimum atomic E-state index is -0.604. The Kier molecular flexibility index (Phi) is 7.27. The van der Waals surface area contributed by atoms with Crippen molar-refractivity contribution in [2.75, 3.05) is 41.0 Å². The number of ether oxygens (including phenoxy) is 4. The zero-order chi connectivity index (χ0) is 19.8. The Bertz CT molecular complexity index is 680. The number of benzene rings is 1. The van der Waals surface area contributed by atoms with Gasteiger partial charge in [0, 0.05) is 19.5 Å². The number of rotatable bonds is 9. The third-order valence-electron chi connectivity index (χ3n) is 4.07. The van der Waals surface area contributed by atoms with Crippen LogP contribution in [0.25, 0.3) is 0 Å². The lowest BCUT2D eigenvalue weighted by Crippen LogP contribution is -2.34. The number of amides is 2. The predicted molar refractivity (Wildman–Crippen MR) is 94.7 cm³/mol. The Balaban J connectivity index is 1.82. The van der Waals surface area contributed by atoms with Crippen LogP contribution in [-0.2, 0) is 25.7 Å². The summed E-state index contributed by atoms with van der Waals surface area (Å²) >= 11 is 0. The van der Waals surface area contributed by atoms with Gasteiger partial charge in [0.15, 0.2) is 18.1 Å². The molecule has 0 radical (unpaired) electrons. The fraction of sp³-hybridized carbons (Fsp3) is 0.500. The molecule has 9 heteroatoms. The van der Waals surface area contributed by atoms with Crippen molar-refractivity contribution in [2.24, 2.45) is 0 Å². The van der Waals surface area contributed by atoms with Gasteiger partial charge in [0.05, 0.1) is 21.3 Å². The molecule has 2 amide bonds. The first-order valence-corrected chi connectivity index (χ1v) is 8.47. The van der Waals surface area contributed by atoms with Gasteiger partial charge in [-0.1, -0.05) is 0 Å². The van der Waals surface area contributed by atoms with Gasteiger partial charge < -0.3 is 29.2 Å². The molecular formula is C18H24N2O7. The number of hydrogen-bond acceptors (Lipinski definition) is 7. The van der Waals surface area contributed by atoms with Crippen LogP contribution in [0.5, 0.6) is 17.2 Å². The minimum Gasteiger partial charge on any atom is -0.493 e. The van der Waals surface area contributed by atoms with Crippen molar-refractivity contribution in [3.8, 4) is 17.2 Å². The normalized spacial score (nSPS) is 13.3. The maximum atomic E-state index is 11.9. The lowest BCUT2D eigenvalue weighted by atomic mass is 10.1. The summed E-state index contributed by atoms with van der Waals surface area (Å²) in [5.74, 6) is 0.280. The summed E-state index contributed by atoms with van der Waals surface area (Å²) in [7, 11) is 4.51. The van der Waals surface area contributed by atoms with Crippen molar-refractivity contribution < 1.29 is 33.3 Å². The van der Waals surface area contributed by atoms with E-state index >= 15 is 0 Å². The van der Waals surface area contributed by atoms with E-state index in [2.05, 4.69) is 5.32 Å². The molecule has 2 rings (SSSR count). The Labute approximate surface area is 157 Å². The van der Waals surface area contributed by atoms with Crippen molar-refractivity contribution in [3.63, 3.8) is 0 Å². The molecule has 148 valence electrons. The molecule has 1 aromatic carbocycles. The molecule has 1 heterocycles. The molecule has 1 aromatic rings. The first-order chi connectivity index (χ1) is 13.0. The summed E-state index contributed by atoms with van der Waals surface area (Å²) in [6, 6.07) is 3.43. The summed E-state index contributed by atoms with van der Waals surface area (Å²) in [6.07, 6.45) is 1.18. The highest BCUT2D eigenvalue weighted by molar-refractivity contribution is 5.85. The van der Waals surface area contributed by atoms with E-state index in [1.165, 1.54) is 26.2 Å². The molecule has 0 aliphatic carbocycles. The highest BCUT2D eigenvalue weighted by Crippen LogP contribution is 2.38. The fourth-order valence-corrected chi connectivity index (χ4v) is 2.71. The van der Waals surface area contributed by atoms with Gasteiger partial charge in [0.1, 0.15) is 6.54 Å². The van der Waals surface area contributed by atoms with Crippen molar-refractivity contribution in [1.82, 2.24) is 10.2 Å². The largest absolute Gasteiger partial charge is 0.493 e. The quantitative estimate of drug-likeness (QED) is 0.622. The first-order valence-electron chi connectivity index (χ1n) is 8.47. The average molecular weight is 380 g/mol. The minimum absolute atomic E-state index is 0.0706. The molecule has 1 aliphatic heterocycles. The van der Waals surface area contributed by atoms with Crippen LogP contribution >= 0.6 is 0 Å². The van der Waals surface area contributed by atoms with Crippen molar-refractivity contribution in [2.45, 2.75) is 19.4 Å². The monoisotopic (exact) mass is 380 g/mol. The van der Waals surface area contributed by atoms with E-state index in [0.717, 1.165) is 12.0 Å². The van der Waals surface area contributed by atoms with E-state index in [4.69, 9.17) is 18.9 Å². The van der Waals surface area contributed by atoms with E-state index in [0.29, 0.717) is 30.2 Å². The number of esters is 1. The number of hydrogen-bond donors (Lipinski definition) is 1.